The van der Waals surface area contributed by atoms with E-state index in [1.165, 1.54) is 0 Å². The zero-order valence-electron chi connectivity index (χ0n) is 13.5. The standard InChI is InChI=1S/C16H27N3O2S/c1-3-17-16(18-10-12-21-4-2)19-11-13-22(20)14-15-8-6-5-7-9-15/h5-9H,3-4,10-14H2,1-2H3,(H2,17,18,19). The van der Waals surface area contributed by atoms with Gasteiger partial charge in [-0.15, -0.1) is 0 Å². The minimum absolute atomic E-state index is 0.598. The Morgan fingerprint density at radius 2 is 2.00 bits per heavy atom. The van der Waals surface area contributed by atoms with Crippen LogP contribution in [-0.4, -0.2) is 48.8 Å². The Hall–Kier alpha value is -1.40. The number of ether oxygens (including phenoxy) is 1. The Kier molecular flexibility index (Phi) is 10.3. The zero-order valence-corrected chi connectivity index (χ0v) is 14.3. The molecule has 5 nitrogen and oxygen atoms in total. The third kappa shape index (κ3) is 8.79. The first-order valence-electron chi connectivity index (χ1n) is 7.75. The molecule has 0 amide bonds. The van der Waals surface area contributed by atoms with Crippen LogP contribution in [-0.2, 0) is 21.3 Å². The summed E-state index contributed by atoms with van der Waals surface area (Å²) in [5.41, 5.74) is 1.11. The molecule has 0 fully saturated rings. The molecule has 1 atom stereocenters. The van der Waals surface area contributed by atoms with E-state index in [1.54, 1.807) is 0 Å². The lowest BCUT2D eigenvalue weighted by atomic mass is 10.2. The molecule has 22 heavy (non-hydrogen) atoms. The molecule has 1 rings (SSSR count). The molecule has 0 aliphatic heterocycles. The molecule has 0 bridgehead atoms. The van der Waals surface area contributed by atoms with E-state index in [4.69, 9.17) is 4.74 Å². The van der Waals surface area contributed by atoms with Crippen molar-refractivity contribution in [3.63, 3.8) is 0 Å². The monoisotopic (exact) mass is 325 g/mol. The number of rotatable bonds is 10. The number of aliphatic imine (C=N–C) groups is 1. The summed E-state index contributed by atoms with van der Waals surface area (Å²) in [6, 6.07) is 9.92. The quantitative estimate of drug-likeness (QED) is 0.389. The second-order valence-corrected chi connectivity index (χ2v) is 6.23. The summed E-state index contributed by atoms with van der Waals surface area (Å²) in [5.74, 6) is 1.95. The van der Waals surface area contributed by atoms with E-state index in [2.05, 4.69) is 15.6 Å². The number of nitrogens with zero attached hydrogens (tertiary/aromatic N) is 1. The molecule has 6 heteroatoms. The summed E-state index contributed by atoms with van der Waals surface area (Å²) < 4.78 is 17.3. The van der Waals surface area contributed by atoms with Gasteiger partial charge < -0.3 is 15.4 Å². The molecule has 0 aliphatic rings. The maximum Gasteiger partial charge on any atom is 0.191 e. The summed E-state index contributed by atoms with van der Waals surface area (Å²) in [6.45, 7) is 7.37. The first-order chi connectivity index (χ1) is 10.8. The Balaban J connectivity index is 2.28. The highest BCUT2D eigenvalue weighted by Crippen LogP contribution is 2.02. The van der Waals surface area contributed by atoms with Gasteiger partial charge in [0.1, 0.15) is 0 Å². The van der Waals surface area contributed by atoms with Gasteiger partial charge in [0.05, 0.1) is 13.2 Å². The summed E-state index contributed by atoms with van der Waals surface area (Å²) >= 11 is 0. The van der Waals surface area contributed by atoms with Crippen molar-refractivity contribution in [3.05, 3.63) is 35.9 Å². The molecule has 0 aromatic heterocycles. The second kappa shape index (κ2) is 12.2. The minimum atomic E-state index is -0.870. The summed E-state index contributed by atoms with van der Waals surface area (Å²) in [6.07, 6.45) is 0. The fraction of sp³-hybridized carbons (Fsp3) is 0.562. The molecule has 124 valence electrons. The highest BCUT2D eigenvalue weighted by atomic mass is 32.2. The number of guanidine groups is 1. The highest BCUT2D eigenvalue weighted by Gasteiger charge is 2.02. The van der Waals surface area contributed by atoms with Crippen molar-refractivity contribution in [2.45, 2.75) is 19.6 Å². The Bertz CT molecular complexity index is 452. The molecule has 0 spiro atoms. The van der Waals surface area contributed by atoms with Crippen LogP contribution in [0.25, 0.3) is 0 Å². The SMILES string of the molecule is CCNC(=NCCOCC)NCCS(=O)Cc1ccccc1. The van der Waals surface area contributed by atoms with Crippen LogP contribution >= 0.6 is 0 Å². The van der Waals surface area contributed by atoms with Crippen molar-refractivity contribution in [2.24, 2.45) is 4.99 Å². The van der Waals surface area contributed by atoms with Crippen molar-refractivity contribution >= 4 is 16.8 Å². The van der Waals surface area contributed by atoms with Gasteiger partial charge in [0.25, 0.3) is 0 Å². The highest BCUT2D eigenvalue weighted by molar-refractivity contribution is 7.84. The van der Waals surface area contributed by atoms with E-state index in [-0.39, 0.29) is 0 Å². The van der Waals surface area contributed by atoms with Crippen molar-refractivity contribution in [3.8, 4) is 0 Å². The van der Waals surface area contributed by atoms with Crippen LogP contribution in [0.15, 0.2) is 35.3 Å². The molecule has 0 saturated carbocycles. The summed E-state index contributed by atoms with van der Waals surface area (Å²) in [4.78, 5) is 4.40. The largest absolute Gasteiger partial charge is 0.380 e. The predicted octanol–water partition coefficient (Wildman–Crippen LogP) is 1.53. The van der Waals surface area contributed by atoms with E-state index < -0.39 is 10.8 Å². The summed E-state index contributed by atoms with van der Waals surface area (Å²) in [5, 5.41) is 6.37. The van der Waals surface area contributed by atoms with Crippen LogP contribution in [0.1, 0.15) is 19.4 Å². The van der Waals surface area contributed by atoms with Gasteiger partial charge in [-0.25, -0.2) is 0 Å². The Morgan fingerprint density at radius 1 is 1.23 bits per heavy atom. The van der Waals surface area contributed by atoms with Gasteiger partial charge in [-0.3, -0.25) is 9.20 Å². The molecule has 0 radical (unpaired) electrons. The van der Waals surface area contributed by atoms with Crippen LogP contribution in [0.3, 0.4) is 0 Å². The number of benzene rings is 1. The van der Waals surface area contributed by atoms with Crippen molar-refractivity contribution in [1.82, 2.24) is 10.6 Å². The molecule has 0 heterocycles. The molecule has 1 unspecified atom stereocenters. The van der Waals surface area contributed by atoms with E-state index in [0.29, 0.717) is 37.8 Å². The second-order valence-electron chi connectivity index (χ2n) is 4.66. The molecular weight excluding hydrogens is 298 g/mol. The van der Waals surface area contributed by atoms with Gasteiger partial charge in [0, 0.05) is 42.0 Å². The Labute approximate surface area is 136 Å². The van der Waals surface area contributed by atoms with Gasteiger partial charge in [-0.05, 0) is 19.4 Å². The average Bonchev–Trinajstić information content (AvgIpc) is 2.52. The molecule has 1 aromatic carbocycles. The van der Waals surface area contributed by atoms with Gasteiger partial charge >= 0.3 is 0 Å². The first kappa shape index (κ1) is 18.6. The van der Waals surface area contributed by atoms with E-state index in [0.717, 1.165) is 18.1 Å². The Morgan fingerprint density at radius 3 is 2.68 bits per heavy atom. The number of nitrogens with one attached hydrogen (secondary N) is 2. The maximum absolute atomic E-state index is 12.0. The van der Waals surface area contributed by atoms with Crippen LogP contribution in [0.5, 0.6) is 0 Å². The van der Waals surface area contributed by atoms with Gasteiger partial charge in [0.15, 0.2) is 5.96 Å². The van der Waals surface area contributed by atoms with Gasteiger partial charge in [-0.2, -0.15) is 0 Å². The number of hydrogen-bond donors (Lipinski definition) is 2. The molecular formula is C16H27N3O2S. The van der Waals surface area contributed by atoms with Crippen LogP contribution in [0.2, 0.25) is 0 Å². The van der Waals surface area contributed by atoms with E-state index >= 15 is 0 Å². The minimum Gasteiger partial charge on any atom is -0.380 e. The molecule has 0 saturated heterocycles. The fourth-order valence-electron chi connectivity index (χ4n) is 1.82. The summed E-state index contributed by atoms with van der Waals surface area (Å²) in [7, 11) is -0.870. The maximum atomic E-state index is 12.0. The molecule has 2 N–H and O–H groups in total. The molecule has 0 aliphatic carbocycles. The lowest BCUT2D eigenvalue weighted by molar-refractivity contribution is 0.155. The van der Waals surface area contributed by atoms with Crippen LogP contribution in [0, 0.1) is 0 Å². The lowest BCUT2D eigenvalue weighted by Crippen LogP contribution is -2.39. The van der Waals surface area contributed by atoms with Crippen molar-refractivity contribution < 1.29 is 8.95 Å². The third-order valence-corrected chi connectivity index (χ3v) is 4.16. The smallest absolute Gasteiger partial charge is 0.191 e. The average molecular weight is 325 g/mol. The molecule has 1 aromatic rings. The normalized spacial score (nSPS) is 12.9. The van der Waals surface area contributed by atoms with E-state index in [1.807, 2.05) is 44.2 Å². The first-order valence-corrected chi connectivity index (χ1v) is 9.23. The van der Waals surface area contributed by atoms with Gasteiger partial charge in [0.2, 0.25) is 0 Å². The zero-order chi connectivity index (χ0) is 16.0. The van der Waals surface area contributed by atoms with Crippen molar-refractivity contribution in [2.75, 3.05) is 38.6 Å². The topological polar surface area (TPSA) is 62.7 Å². The van der Waals surface area contributed by atoms with Crippen LogP contribution in [0.4, 0.5) is 0 Å². The fourth-order valence-corrected chi connectivity index (χ4v) is 2.86. The predicted molar refractivity (Wildman–Crippen MR) is 93.6 cm³/mol. The van der Waals surface area contributed by atoms with Crippen LogP contribution < -0.4 is 10.6 Å². The third-order valence-electron chi connectivity index (χ3n) is 2.85. The lowest BCUT2D eigenvalue weighted by Gasteiger charge is -2.11. The van der Waals surface area contributed by atoms with Crippen molar-refractivity contribution in [1.29, 1.82) is 0 Å². The van der Waals surface area contributed by atoms with E-state index in [9.17, 15) is 4.21 Å². The number of hydrogen-bond acceptors (Lipinski definition) is 3. The van der Waals surface area contributed by atoms with Gasteiger partial charge in [-0.1, -0.05) is 30.3 Å².